The van der Waals surface area contributed by atoms with Crippen LogP contribution in [0.2, 0.25) is 0 Å². The molecule has 0 aliphatic carbocycles. The molecule has 0 spiro atoms. The van der Waals surface area contributed by atoms with Crippen LogP contribution < -0.4 is 10.6 Å². The van der Waals surface area contributed by atoms with Gasteiger partial charge in [-0.2, -0.15) is 5.10 Å². The van der Waals surface area contributed by atoms with Gasteiger partial charge in [0, 0.05) is 18.9 Å². The van der Waals surface area contributed by atoms with Gasteiger partial charge in [0.05, 0.1) is 42.0 Å². The second kappa shape index (κ2) is 6.62. The Bertz CT molecular complexity index is 959. The van der Waals surface area contributed by atoms with Crippen LogP contribution in [0.4, 0.5) is 0 Å². The fourth-order valence-corrected chi connectivity index (χ4v) is 3.44. The number of aryl methyl sites for hydroxylation is 1. The minimum atomic E-state index is -0.290. The van der Waals surface area contributed by atoms with Gasteiger partial charge in [-0.25, -0.2) is 4.98 Å². The Hall–Kier alpha value is -3.16. The van der Waals surface area contributed by atoms with Crippen molar-refractivity contribution in [2.24, 2.45) is 7.05 Å². The smallest absolute Gasteiger partial charge is 0.242 e. The average Bonchev–Trinajstić information content (AvgIpc) is 3.23. The first-order valence-corrected chi connectivity index (χ1v) is 8.57. The quantitative estimate of drug-likeness (QED) is 0.730. The Morgan fingerprint density at radius 2 is 2.19 bits per heavy atom. The van der Waals surface area contributed by atoms with E-state index in [4.69, 9.17) is 0 Å². The maximum Gasteiger partial charge on any atom is 0.242 e. The number of rotatable bonds is 4. The summed E-state index contributed by atoms with van der Waals surface area (Å²) < 4.78 is 3.54. The molecule has 1 aliphatic rings. The van der Waals surface area contributed by atoms with Gasteiger partial charge in [-0.05, 0) is 12.5 Å². The van der Waals surface area contributed by atoms with E-state index in [1.54, 1.807) is 23.4 Å². The predicted molar refractivity (Wildman–Crippen MR) is 95.0 cm³/mol. The molecule has 2 atom stereocenters. The number of para-hydroxylation sites is 1. The molecule has 1 aromatic carbocycles. The molecule has 1 saturated heterocycles. The van der Waals surface area contributed by atoms with Gasteiger partial charge in [-0.15, -0.1) is 0 Å². The second-order valence-electron chi connectivity index (χ2n) is 6.55. The molecule has 1 fully saturated rings. The summed E-state index contributed by atoms with van der Waals surface area (Å²) in [6, 6.07) is 7.30. The van der Waals surface area contributed by atoms with E-state index in [1.807, 2.05) is 35.9 Å². The Morgan fingerprint density at radius 1 is 1.35 bits per heavy atom. The number of aromatic nitrogens is 4. The van der Waals surface area contributed by atoms with Crippen molar-refractivity contribution in [3.63, 3.8) is 0 Å². The summed E-state index contributed by atoms with van der Waals surface area (Å²) in [5.74, 6) is -0.146. The van der Waals surface area contributed by atoms with Gasteiger partial charge in [-0.1, -0.05) is 18.2 Å². The molecule has 134 valence electrons. The molecule has 0 bridgehead atoms. The third-order valence-electron chi connectivity index (χ3n) is 4.76. The molecule has 4 rings (SSSR count). The van der Waals surface area contributed by atoms with E-state index in [9.17, 15) is 9.59 Å². The fraction of sp³-hybridized carbons (Fsp3) is 0.333. The number of carbonyl (C=O) groups is 2. The predicted octanol–water partition coefficient (Wildman–Crippen LogP) is 0.906. The summed E-state index contributed by atoms with van der Waals surface area (Å²) in [6.45, 7) is 0.135. The maximum atomic E-state index is 12.6. The molecule has 8 heteroatoms. The number of piperidine rings is 1. The zero-order valence-electron chi connectivity index (χ0n) is 14.4. The van der Waals surface area contributed by atoms with Crippen LogP contribution in [0.3, 0.4) is 0 Å². The van der Waals surface area contributed by atoms with Crippen LogP contribution in [0.1, 0.15) is 24.6 Å². The van der Waals surface area contributed by atoms with Crippen molar-refractivity contribution in [2.45, 2.75) is 31.5 Å². The molecule has 0 radical (unpaired) electrons. The highest BCUT2D eigenvalue weighted by molar-refractivity contribution is 5.82. The average molecular weight is 352 g/mol. The van der Waals surface area contributed by atoms with Crippen molar-refractivity contribution < 1.29 is 9.59 Å². The number of imidazole rings is 1. The summed E-state index contributed by atoms with van der Waals surface area (Å²) in [5.41, 5.74) is 1.79. The summed E-state index contributed by atoms with van der Waals surface area (Å²) in [5, 5.41) is 11.3. The zero-order chi connectivity index (χ0) is 18.1. The first-order chi connectivity index (χ1) is 12.6. The largest absolute Gasteiger partial charge is 0.349 e. The first kappa shape index (κ1) is 16.3. The Kier molecular flexibility index (Phi) is 4.16. The van der Waals surface area contributed by atoms with Crippen molar-refractivity contribution in [3.05, 3.63) is 48.7 Å². The van der Waals surface area contributed by atoms with Gasteiger partial charge in [-0.3, -0.25) is 14.3 Å². The van der Waals surface area contributed by atoms with Crippen molar-refractivity contribution in [1.29, 1.82) is 0 Å². The highest BCUT2D eigenvalue weighted by atomic mass is 16.2. The van der Waals surface area contributed by atoms with E-state index in [1.165, 1.54) is 0 Å². The van der Waals surface area contributed by atoms with Crippen LogP contribution in [0.5, 0.6) is 0 Å². The van der Waals surface area contributed by atoms with Gasteiger partial charge >= 0.3 is 0 Å². The standard InChI is InChI=1S/C18H20N6O2/c1-23-11-19-9-15(23)18-13(6-7-16(25)22-18)21-17(26)10-24-14-5-3-2-4-12(14)8-20-24/h2-5,8-9,11,13,18H,6-7,10H2,1H3,(H,21,26)(H,22,25)/t13-,18-/m1/s1. The minimum Gasteiger partial charge on any atom is -0.349 e. The number of nitrogens with one attached hydrogen (secondary N) is 2. The van der Waals surface area contributed by atoms with Crippen LogP contribution in [-0.2, 0) is 23.2 Å². The first-order valence-electron chi connectivity index (χ1n) is 8.57. The summed E-state index contributed by atoms with van der Waals surface area (Å²) >= 11 is 0. The van der Waals surface area contributed by atoms with Crippen LogP contribution >= 0.6 is 0 Å². The molecule has 0 unspecified atom stereocenters. The second-order valence-corrected chi connectivity index (χ2v) is 6.55. The highest BCUT2D eigenvalue weighted by Crippen LogP contribution is 2.23. The molecule has 8 nitrogen and oxygen atoms in total. The molecule has 26 heavy (non-hydrogen) atoms. The Labute approximate surface area is 150 Å². The lowest BCUT2D eigenvalue weighted by atomic mass is 9.95. The van der Waals surface area contributed by atoms with Gasteiger partial charge < -0.3 is 15.2 Å². The lowest BCUT2D eigenvalue weighted by Gasteiger charge is -2.33. The van der Waals surface area contributed by atoms with Gasteiger partial charge in [0.15, 0.2) is 0 Å². The Morgan fingerprint density at radius 3 is 3.00 bits per heavy atom. The normalized spacial score (nSPS) is 20.1. The van der Waals surface area contributed by atoms with E-state index in [-0.39, 0.29) is 30.4 Å². The topological polar surface area (TPSA) is 93.8 Å². The SMILES string of the molecule is Cn1cncc1[C@@H]1NC(=O)CC[C@H]1NC(=O)Cn1ncc2ccccc21. The van der Waals surface area contributed by atoms with Crippen LogP contribution in [0, 0.1) is 0 Å². The number of nitrogens with zero attached hydrogens (tertiary/aromatic N) is 4. The molecule has 2 aromatic heterocycles. The maximum absolute atomic E-state index is 12.6. The van der Waals surface area contributed by atoms with Crippen molar-refractivity contribution in [1.82, 2.24) is 30.0 Å². The lowest BCUT2D eigenvalue weighted by molar-refractivity contribution is -0.127. The van der Waals surface area contributed by atoms with Crippen molar-refractivity contribution in [3.8, 4) is 0 Å². The highest BCUT2D eigenvalue weighted by Gasteiger charge is 2.32. The lowest BCUT2D eigenvalue weighted by Crippen LogP contribution is -2.51. The molecular formula is C18H20N6O2. The molecule has 1 aliphatic heterocycles. The van der Waals surface area contributed by atoms with Crippen molar-refractivity contribution >= 4 is 22.7 Å². The molecule has 3 aromatic rings. The molecule has 0 saturated carbocycles. The summed E-state index contributed by atoms with van der Waals surface area (Å²) in [6.07, 6.45) is 6.14. The van der Waals surface area contributed by atoms with E-state index in [0.29, 0.717) is 12.8 Å². The number of fused-ring (bicyclic) bond motifs is 1. The number of carbonyl (C=O) groups excluding carboxylic acids is 2. The monoisotopic (exact) mass is 352 g/mol. The van der Waals surface area contributed by atoms with Crippen LogP contribution in [0.15, 0.2) is 43.0 Å². The van der Waals surface area contributed by atoms with E-state index in [2.05, 4.69) is 20.7 Å². The summed E-state index contributed by atoms with van der Waals surface area (Å²) in [4.78, 5) is 28.6. The van der Waals surface area contributed by atoms with Gasteiger partial charge in [0.25, 0.3) is 0 Å². The number of benzene rings is 1. The number of amides is 2. The minimum absolute atomic E-state index is 0.0141. The molecule has 3 heterocycles. The van der Waals surface area contributed by atoms with Gasteiger partial charge in [0.2, 0.25) is 11.8 Å². The van der Waals surface area contributed by atoms with Crippen molar-refractivity contribution in [2.75, 3.05) is 0 Å². The zero-order valence-corrected chi connectivity index (χ0v) is 14.4. The number of hydrogen-bond donors (Lipinski definition) is 2. The van der Waals surface area contributed by atoms with Crippen LogP contribution in [0.25, 0.3) is 10.9 Å². The van der Waals surface area contributed by atoms with Crippen LogP contribution in [-0.4, -0.2) is 37.2 Å². The Balaban J connectivity index is 1.50. The van der Waals surface area contributed by atoms with Gasteiger partial charge in [0.1, 0.15) is 6.54 Å². The molecule has 2 N–H and O–H groups in total. The third kappa shape index (κ3) is 3.05. The molecule has 2 amide bonds. The fourth-order valence-electron chi connectivity index (χ4n) is 3.44. The summed E-state index contributed by atoms with van der Waals surface area (Å²) in [7, 11) is 1.87. The number of hydrogen-bond acceptors (Lipinski definition) is 4. The molecular weight excluding hydrogens is 332 g/mol. The third-order valence-corrected chi connectivity index (χ3v) is 4.76. The van der Waals surface area contributed by atoms with E-state index < -0.39 is 0 Å². The van der Waals surface area contributed by atoms with E-state index in [0.717, 1.165) is 16.6 Å². The van der Waals surface area contributed by atoms with E-state index >= 15 is 0 Å².